The number of benzene rings is 2. The number of hydrogen-bond donors (Lipinski definition) is 2. The molecule has 4 atom stereocenters. The molecule has 2 unspecified atom stereocenters. The topological polar surface area (TPSA) is 86.0 Å². The van der Waals surface area contributed by atoms with Crippen molar-refractivity contribution >= 4 is 17.4 Å². The van der Waals surface area contributed by atoms with Crippen molar-refractivity contribution in [2.75, 3.05) is 18.0 Å². The minimum Gasteiger partial charge on any atom is -0.481 e. The van der Waals surface area contributed by atoms with Crippen LogP contribution in [0, 0.1) is 36.3 Å². The highest BCUT2D eigenvalue weighted by atomic mass is 19.1. The predicted octanol–water partition coefficient (Wildman–Crippen LogP) is 4.84. The molecule has 180 valence electrons. The highest BCUT2D eigenvalue weighted by Gasteiger charge is 2.59. The third kappa shape index (κ3) is 4.48. The van der Waals surface area contributed by atoms with Crippen LogP contribution in [0.2, 0.25) is 0 Å². The van der Waals surface area contributed by atoms with Crippen molar-refractivity contribution in [3.8, 4) is 0 Å². The van der Waals surface area contributed by atoms with E-state index in [0.29, 0.717) is 29.9 Å². The summed E-state index contributed by atoms with van der Waals surface area (Å²) in [4.78, 5) is 17.6. The van der Waals surface area contributed by atoms with E-state index in [1.54, 1.807) is 18.3 Å². The molecule has 1 saturated carbocycles. The van der Waals surface area contributed by atoms with Crippen LogP contribution in [0.15, 0.2) is 65.9 Å². The monoisotopic (exact) mass is 477 g/mol. The fourth-order valence-electron chi connectivity index (χ4n) is 5.35. The van der Waals surface area contributed by atoms with E-state index < -0.39 is 23.5 Å². The van der Waals surface area contributed by atoms with Crippen LogP contribution >= 0.6 is 0 Å². The van der Waals surface area contributed by atoms with Gasteiger partial charge >= 0.3 is 5.97 Å². The standard InChI is InChI=1S/C27H25F2N3O3/c1-15-10-17(8-9-30-15)25(31-35)12-21(20-7-4-18(28)11-24(20)29)16-2-5-19(6-3-16)32-13-22-23(14-32)26(22)27(33)34/h2-11,21-23,26,35H,12-14H2,1H3,(H,33,34)/t21?,22-,23+,26?. The van der Waals surface area contributed by atoms with E-state index in [2.05, 4.69) is 15.0 Å². The number of aromatic nitrogens is 1. The molecule has 35 heavy (non-hydrogen) atoms. The number of oxime groups is 1. The number of aliphatic carboxylic acids is 1. The quantitative estimate of drug-likeness (QED) is 0.289. The number of rotatable bonds is 7. The molecule has 2 heterocycles. The van der Waals surface area contributed by atoms with E-state index in [-0.39, 0.29) is 24.2 Å². The second-order valence-electron chi connectivity index (χ2n) is 9.34. The number of anilines is 1. The molecular weight excluding hydrogens is 452 g/mol. The maximum absolute atomic E-state index is 14.9. The van der Waals surface area contributed by atoms with Gasteiger partial charge in [-0.25, -0.2) is 8.78 Å². The molecule has 1 aromatic heterocycles. The average Bonchev–Trinajstić information content (AvgIpc) is 3.35. The molecule has 0 radical (unpaired) electrons. The van der Waals surface area contributed by atoms with Crippen LogP contribution in [-0.4, -0.2) is 40.1 Å². The molecule has 1 aliphatic carbocycles. The lowest BCUT2D eigenvalue weighted by atomic mass is 9.85. The van der Waals surface area contributed by atoms with Gasteiger partial charge in [0.2, 0.25) is 0 Å². The number of carbonyl (C=O) groups is 1. The van der Waals surface area contributed by atoms with Gasteiger partial charge in [-0.15, -0.1) is 0 Å². The van der Waals surface area contributed by atoms with Gasteiger partial charge in [-0.1, -0.05) is 23.4 Å². The summed E-state index contributed by atoms with van der Waals surface area (Å²) in [7, 11) is 0. The number of nitrogens with zero attached hydrogens (tertiary/aromatic N) is 3. The molecule has 6 nitrogen and oxygen atoms in total. The normalized spacial score (nSPS) is 22.1. The summed E-state index contributed by atoms with van der Waals surface area (Å²) in [5, 5.41) is 22.5. The van der Waals surface area contributed by atoms with Crippen molar-refractivity contribution in [2.45, 2.75) is 19.3 Å². The van der Waals surface area contributed by atoms with Crippen molar-refractivity contribution in [3.05, 3.63) is 94.8 Å². The summed E-state index contributed by atoms with van der Waals surface area (Å²) in [5.74, 6) is -2.41. The summed E-state index contributed by atoms with van der Waals surface area (Å²) >= 11 is 0. The predicted molar refractivity (Wildman–Crippen MR) is 127 cm³/mol. The number of carboxylic acid groups (broad SMARTS) is 1. The second kappa shape index (κ2) is 9.09. The van der Waals surface area contributed by atoms with Gasteiger partial charge < -0.3 is 15.2 Å². The van der Waals surface area contributed by atoms with E-state index in [0.717, 1.165) is 23.0 Å². The average molecular weight is 478 g/mol. The van der Waals surface area contributed by atoms with Crippen LogP contribution in [0.4, 0.5) is 14.5 Å². The van der Waals surface area contributed by atoms with E-state index in [1.807, 2.05) is 31.2 Å². The first-order valence-corrected chi connectivity index (χ1v) is 11.5. The first-order valence-electron chi connectivity index (χ1n) is 11.5. The van der Waals surface area contributed by atoms with Gasteiger partial charge in [0.25, 0.3) is 0 Å². The largest absolute Gasteiger partial charge is 0.481 e. The lowest BCUT2D eigenvalue weighted by Crippen LogP contribution is -2.25. The zero-order chi connectivity index (χ0) is 24.7. The van der Waals surface area contributed by atoms with E-state index in [1.165, 1.54) is 12.1 Å². The number of piperidine rings is 1. The fourth-order valence-corrected chi connectivity index (χ4v) is 5.35. The van der Waals surface area contributed by atoms with Crippen molar-refractivity contribution in [3.63, 3.8) is 0 Å². The van der Waals surface area contributed by atoms with Gasteiger partial charge in [0.1, 0.15) is 11.6 Å². The number of aryl methyl sites for hydroxylation is 1. The molecule has 0 spiro atoms. The van der Waals surface area contributed by atoms with E-state index >= 15 is 0 Å². The second-order valence-corrected chi connectivity index (χ2v) is 9.34. The maximum atomic E-state index is 14.9. The summed E-state index contributed by atoms with van der Waals surface area (Å²) in [6.07, 6.45) is 1.81. The number of halogens is 2. The molecule has 2 aromatic carbocycles. The fraction of sp³-hybridized carbons (Fsp3) is 0.296. The molecule has 8 heteroatoms. The number of fused-ring (bicyclic) bond motifs is 1. The van der Waals surface area contributed by atoms with Crippen molar-refractivity contribution in [2.24, 2.45) is 22.9 Å². The first kappa shape index (κ1) is 23.0. The van der Waals surface area contributed by atoms with Gasteiger partial charge in [-0.2, -0.15) is 0 Å². The summed E-state index contributed by atoms with van der Waals surface area (Å²) < 4.78 is 28.5. The third-order valence-corrected chi connectivity index (χ3v) is 7.23. The lowest BCUT2D eigenvalue weighted by Gasteiger charge is -2.24. The summed E-state index contributed by atoms with van der Waals surface area (Å²) in [6, 6.07) is 14.7. The van der Waals surface area contributed by atoms with Gasteiger partial charge in [-0.05, 0) is 60.2 Å². The molecule has 3 aromatic rings. The molecule has 5 rings (SSSR count). The Labute approximate surface area is 201 Å². The van der Waals surface area contributed by atoms with Crippen LogP contribution in [0.3, 0.4) is 0 Å². The number of hydrogen-bond acceptors (Lipinski definition) is 5. The van der Waals surface area contributed by atoms with Gasteiger partial charge in [-0.3, -0.25) is 9.78 Å². The van der Waals surface area contributed by atoms with Crippen LogP contribution in [0.1, 0.15) is 34.7 Å². The lowest BCUT2D eigenvalue weighted by molar-refractivity contribution is -0.139. The third-order valence-electron chi connectivity index (χ3n) is 7.23. The Balaban J connectivity index is 1.43. The highest BCUT2D eigenvalue weighted by molar-refractivity contribution is 6.01. The summed E-state index contributed by atoms with van der Waals surface area (Å²) in [5.41, 5.74) is 3.87. The van der Waals surface area contributed by atoms with Crippen LogP contribution in [-0.2, 0) is 4.79 Å². The number of pyridine rings is 1. The maximum Gasteiger partial charge on any atom is 0.307 e. The molecule has 0 amide bonds. The first-order chi connectivity index (χ1) is 16.9. The van der Waals surface area contributed by atoms with Gasteiger partial charge in [0, 0.05) is 54.6 Å². The molecule has 2 N–H and O–H groups in total. The van der Waals surface area contributed by atoms with Crippen LogP contribution < -0.4 is 4.90 Å². The minimum atomic E-state index is -0.718. The Morgan fingerprint density at radius 3 is 2.43 bits per heavy atom. The molecule has 0 bridgehead atoms. The highest BCUT2D eigenvalue weighted by Crippen LogP contribution is 2.52. The SMILES string of the molecule is Cc1cc(C(CC(c2ccc(N3C[C@@H]4C(C(=O)O)[C@@H]4C3)cc2)c2ccc(F)cc2F)=NO)ccn1. The van der Waals surface area contributed by atoms with Crippen molar-refractivity contribution < 1.29 is 23.9 Å². The molecule has 2 fully saturated rings. The zero-order valence-electron chi connectivity index (χ0n) is 19.1. The van der Waals surface area contributed by atoms with E-state index in [9.17, 15) is 23.9 Å². The Hall–Kier alpha value is -3.81. The zero-order valence-corrected chi connectivity index (χ0v) is 19.1. The molecule has 1 saturated heterocycles. The number of carboxylic acids is 1. The summed E-state index contributed by atoms with van der Waals surface area (Å²) in [6.45, 7) is 3.24. The van der Waals surface area contributed by atoms with Crippen molar-refractivity contribution in [1.82, 2.24) is 4.98 Å². The molecule has 1 aliphatic heterocycles. The Kier molecular flexibility index (Phi) is 5.96. The smallest absolute Gasteiger partial charge is 0.307 e. The van der Waals surface area contributed by atoms with E-state index in [4.69, 9.17) is 0 Å². The van der Waals surface area contributed by atoms with Gasteiger partial charge in [0.15, 0.2) is 0 Å². The minimum absolute atomic E-state index is 0.190. The van der Waals surface area contributed by atoms with Crippen LogP contribution in [0.25, 0.3) is 0 Å². The molecular formula is C27H25F2N3O3. The Morgan fingerprint density at radius 2 is 1.83 bits per heavy atom. The van der Waals surface area contributed by atoms with Crippen LogP contribution in [0.5, 0.6) is 0 Å². The Bertz CT molecular complexity index is 1280. The Morgan fingerprint density at radius 1 is 1.11 bits per heavy atom. The van der Waals surface area contributed by atoms with Crippen molar-refractivity contribution in [1.29, 1.82) is 0 Å². The molecule has 2 aliphatic rings. The van der Waals surface area contributed by atoms with Gasteiger partial charge in [0.05, 0.1) is 11.6 Å².